The molecular weight excluding hydrogens is 224 g/mol. The normalized spacial score (nSPS) is 13.6. The third kappa shape index (κ3) is 1.99. The van der Waals surface area contributed by atoms with Crippen LogP contribution in [0.2, 0.25) is 0 Å². The molecule has 0 fully saturated rings. The first-order chi connectivity index (χ1) is 8.84. The molecule has 0 radical (unpaired) electrons. The molecule has 18 heavy (non-hydrogen) atoms. The summed E-state index contributed by atoms with van der Waals surface area (Å²) in [6.07, 6.45) is 2.09. The summed E-state index contributed by atoms with van der Waals surface area (Å²) in [6.45, 7) is 0.926. The van der Waals surface area contributed by atoms with Gasteiger partial charge in [0.15, 0.2) is 0 Å². The Kier molecular flexibility index (Phi) is 2.81. The molecule has 0 saturated heterocycles. The van der Waals surface area contributed by atoms with Gasteiger partial charge in [0.2, 0.25) is 0 Å². The van der Waals surface area contributed by atoms with Gasteiger partial charge in [-0.1, -0.05) is 18.2 Å². The second kappa shape index (κ2) is 4.61. The van der Waals surface area contributed by atoms with Crippen molar-refractivity contribution >= 4 is 17.1 Å². The Balaban J connectivity index is 1.98. The standard InChI is InChI=1S/C15H16N2O/c18-14-9-8-13(12-7-4-10-16-15(12)14)17-11-5-2-1-3-6-11/h1-3,5-6,8-9,16-18H,4,7,10H2. The summed E-state index contributed by atoms with van der Waals surface area (Å²) < 4.78 is 0. The third-order valence-electron chi connectivity index (χ3n) is 3.25. The van der Waals surface area contributed by atoms with Crippen molar-refractivity contribution in [1.29, 1.82) is 0 Å². The molecule has 0 amide bonds. The van der Waals surface area contributed by atoms with Gasteiger partial charge in [-0.3, -0.25) is 0 Å². The summed E-state index contributed by atoms with van der Waals surface area (Å²) in [4.78, 5) is 0. The van der Waals surface area contributed by atoms with Crippen LogP contribution < -0.4 is 10.6 Å². The van der Waals surface area contributed by atoms with Crippen molar-refractivity contribution < 1.29 is 5.11 Å². The number of phenolic OH excluding ortho intramolecular Hbond substituents is 1. The van der Waals surface area contributed by atoms with Gasteiger partial charge in [0.25, 0.3) is 0 Å². The molecule has 3 heteroatoms. The number of rotatable bonds is 2. The van der Waals surface area contributed by atoms with E-state index in [0.29, 0.717) is 5.75 Å². The molecule has 1 aliphatic rings. The molecule has 0 aliphatic carbocycles. The Hall–Kier alpha value is -2.16. The first kappa shape index (κ1) is 11.0. The van der Waals surface area contributed by atoms with Gasteiger partial charge in [-0.15, -0.1) is 0 Å². The fraction of sp³-hybridized carbons (Fsp3) is 0.200. The second-order valence-electron chi connectivity index (χ2n) is 4.51. The SMILES string of the molecule is Oc1ccc(Nc2ccccc2)c2c1NCCC2. The number of anilines is 3. The van der Waals surface area contributed by atoms with Crippen LogP contribution in [-0.2, 0) is 6.42 Å². The Morgan fingerprint density at radius 2 is 1.89 bits per heavy atom. The Labute approximate surface area is 106 Å². The highest BCUT2D eigenvalue weighted by Crippen LogP contribution is 2.37. The van der Waals surface area contributed by atoms with E-state index in [2.05, 4.69) is 10.6 Å². The van der Waals surface area contributed by atoms with Gasteiger partial charge in [0.05, 0.1) is 5.69 Å². The van der Waals surface area contributed by atoms with E-state index in [4.69, 9.17) is 0 Å². The summed E-state index contributed by atoms with van der Waals surface area (Å²) in [5.41, 5.74) is 4.18. The minimum absolute atomic E-state index is 0.336. The van der Waals surface area contributed by atoms with Crippen LogP contribution in [0.1, 0.15) is 12.0 Å². The number of fused-ring (bicyclic) bond motifs is 1. The van der Waals surface area contributed by atoms with Crippen LogP contribution in [0.4, 0.5) is 17.1 Å². The summed E-state index contributed by atoms with van der Waals surface area (Å²) in [7, 11) is 0. The van der Waals surface area contributed by atoms with Crippen LogP contribution in [0.25, 0.3) is 0 Å². The van der Waals surface area contributed by atoms with Crippen LogP contribution in [-0.4, -0.2) is 11.7 Å². The van der Waals surface area contributed by atoms with Crippen molar-refractivity contribution in [2.75, 3.05) is 17.2 Å². The lowest BCUT2D eigenvalue weighted by Crippen LogP contribution is -2.13. The van der Waals surface area contributed by atoms with Crippen molar-refractivity contribution in [2.45, 2.75) is 12.8 Å². The van der Waals surface area contributed by atoms with Crippen molar-refractivity contribution in [1.82, 2.24) is 0 Å². The fourth-order valence-electron chi connectivity index (χ4n) is 2.37. The maximum absolute atomic E-state index is 9.86. The molecule has 3 N–H and O–H groups in total. The third-order valence-corrected chi connectivity index (χ3v) is 3.25. The van der Waals surface area contributed by atoms with E-state index in [1.165, 1.54) is 5.56 Å². The zero-order chi connectivity index (χ0) is 12.4. The molecule has 3 rings (SSSR count). The molecule has 92 valence electrons. The van der Waals surface area contributed by atoms with E-state index >= 15 is 0 Å². The zero-order valence-corrected chi connectivity index (χ0v) is 10.1. The summed E-state index contributed by atoms with van der Waals surface area (Å²) >= 11 is 0. The predicted molar refractivity (Wildman–Crippen MR) is 74.6 cm³/mol. The molecule has 0 atom stereocenters. The van der Waals surface area contributed by atoms with Gasteiger partial charge in [0.1, 0.15) is 5.75 Å². The first-order valence-corrected chi connectivity index (χ1v) is 6.25. The van der Waals surface area contributed by atoms with Gasteiger partial charge < -0.3 is 15.7 Å². The van der Waals surface area contributed by atoms with Crippen LogP contribution >= 0.6 is 0 Å². The number of hydrogen-bond acceptors (Lipinski definition) is 3. The van der Waals surface area contributed by atoms with Crippen LogP contribution in [0, 0.1) is 0 Å². The van der Waals surface area contributed by atoms with E-state index in [1.54, 1.807) is 6.07 Å². The molecule has 0 spiro atoms. The molecule has 1 aliphatic heterocycles. The molecule has 3 nitrogen and oxygen atoms in total. The van der Waals surface area contributed by atoms with Crippen LogP contribution in [0.3, 0.4) is 0 Å². The van der Waals surface area contributed by atoms with Crippen LogP contribution in [0.15, 0.2) is 42.5 Å². The highest BCUT2D eigenvalue weighted by molar-refractivity contribution is 5.76. The summed E-state index contributed by atoms with van der Waals surface area (Å²) in [6, 6.07) is 13.8. The second-order valence-corrected chi connectivity index (χ2v) is 4.51. The van der Waals surface area contributed by atoms with Gasteiger partial charge in [-0.2, -0.15) is 0 Å². The van der Waals surface area contributed by atoms with Crippen LogP contribution in [0.5, 0.6) is 5.75 Å². The molecule has 2 aromatic carbocycles. The number of aromatic hydroxyl groups is 1. The molecule has 1 heterocycles. The summed E-state index contributed by atoms with van der Waals surface area (Å²) in [5.74, 6) is 0.336. The quantitative estimate of drug-likeness (QED) is 0.556. The molecule has 0 aromatic heterocycles. The minimum atomic E-state index is 0.336. The highest BCUT2D eigenvalue weighted by Gasteiger charge is 2.16. The minimum Gasteiger partial charge on any atom is -0.506 e. The van der Waals surface area contributed by atoms with Gasteiger partial charge in [-0.25, -0.2) is 0 Å². The topological polar surface area (TPSA) is 44.3 Å². The lowest BCUT2D eigenvalue weighted by Gasteiger charge is -2.22. The average molecular weight is 240 g/mol. The van der Waals surface area contributed by atoms with Gasteiger partial charge in [-0.05, 0) is 37.1 Å². The highest BCUT2D eigenvalue weighted by atomic mass is 16.3. The molecule has 0 saturated carbocycles. The fourth-order valence-corrected chi connectivity index (χ4v) is 2.37. The number of para-hydroxylation sites is 1. The average Bonchev–Trinajstić information content (AvgIpc) is 2.44. The number of hydrogen-bond donors (Lipinski definition) is 3. The molecule has 0 unspecified atom stereocenters. The number of nitrogens with one attached hydrogen (secondary N) is 2. The van der Waals surface area contributed by atoms with E-state index in [0.717, 1.165) is 36.4 Å². The first-order valence-electron chi connectivity index (χ1n) is 6.25. The van der Waals surface area contributed by atoms with E-state index in [-0.39, 0.29) is 0 Å². The lowest BCUT2D eigenvalue weighted by molar-refractivity contribution is 0.475. The Bertz CT molecular complexity index is 552. The molecular formula is C15H16N2O. The summed E-state index contributed by atoms with van der Waals surface area (Å²) in [5, 5.41) is 16.5. The smallest absolute Gasteiger partial charge is 0.139 e. The molecule has 2 aromatic rings. The Morgan fingerprint density at radius 3 is 2.72 bits per heavy atom. The number of benzene rings is 2. The van der Waals surface area contributed by atoms with E-state index < -0.39 is 0 Å². The molecule has 0 bridgehead atoms. The monoisotopic (exact) mass is 240 g/mol. The van der Waals surface area contributed by atoms with Crippen molar-refractivity contribution in [2.24, 2.45) is 0 Å². The lowest BCUT2D eigenvalue weighted by atomic mass is 10.0. The maximum atomic E-state index is 9.86. The number of phenols is 1. The predicted octanol–water partition coefficient (Wildman–Crippen LogP) is 3.49. The van der Waals surface area contributed by atoms with Crippen molar-refractivity contribution in [3.05, 3.63) is 48.0 Å². The van der Waals surface area contributed by atoms with Crippen molar-refractivity contribution in [3.63, 3.8) is 0 Å². The van der Waals surface area contributed by atoms with E-state index in [9.17, 15) is 5.11 Å². The van der Waals surface area contributed by atoms with Crippen molar-refractivity contribution in [3.8, 4) is 5.75 Å². The largest absolute Gasteiger partial charge is 0.506 e. The maximum Gasteiger partial charge on any atom is 0.139 e. The van der Waals surface area contributed by atoms with E-state index in [1.807, 2.05) is 36.4 Å². The van der Waals surface area contributed by atoms with Gasteiger partial charge >= 0.3 is 0 Å². The zero-order valence-electron chi connectivity index (χ0n) is 10.1. The van der Waals surface area contributed by atoms with Gasteiger partial charge in [0, 0.05) is 23.5 Å². The Morgan fingerprint density at radius 1 is 1.06 bits per heavy atom.